The molecule has 1 amide bonds. The van der Waals surface area contributed by atoms with E-state index < -0.39 is 10.0 Å². The van der Waals surface area contributed by atoms with Crippen molar-refractivity contribution < 1.29 is 13.2 Å². The van der Waals surface area contributed by atoms with Crippen LogP contribution in [-0.4, -0.2) is 27.4 Å². The lowest BCUT2D eigenvalue weighted by Crippen LogP contribution is -2.41. The fraction of sp³-hybridized carbons (Fsp3) is 0.350. The molecule has 0 aromatic heterocycles. The molecule has 0 unspecified atom stereocenters. The maximum absolute atomic E-state index is 13.2. The summed E-state index contributed by atoms with van der Waals surface area (Å²) < 4.78 is 28.3. The lowest BCUT2D eigenvalue weighted by atomic mass is 10.1. The Morgan fingerprint density at radius 3 is 2.22 bits per heavy atom. The SMILES string of the molecule is Cc1ccc(S(=O)(=O)N(CC(=O)NCCC(C)C)c2ccc(Br)cc2)cc1. The van der Waals surface area contributed by atoms with Crippen LogP contribution in [0.5, 0.6) is 0 Å². The summed E-state index contributed by atoms with van der Waals surface area (Å²) in [5, 5.41) is 2.80. The van der Waals surface area contributed by atoms with Gasteiger partial charge in [0.2, 0.25) is 5.91 Å². The molecule has 146 valence electrons. The van der Waals surface area contributed by atoms with Crippen LogP contribution in [0.25, 0.3) is 0 Å². The largest absolute Gasteiger partial charge is 0.355 e. The minimum Gasteiger partial charge on any atom is -0.355 e. The molecule has 5 nitrogen and oxygen atoms in total. The van der Waals surface area contributed by atoms with Crippen molar-refractivity contribution in [2.45, 2.75) is 32.1 Å². The van der Waals surface area contributed by atoms with Crippen LogP contribution in [0.3, 0.4) is 0 Å². The van der Waals surface area contributed by atoms with Crippen molar-refractivity contribution in [1.82, 2.24) is 5.32 Å². The molecule has 27 heavy (non-hydrogen) atoms. The van der Waals surface area contributed by atoms with Crippen molar-refractivity contribution in [3.05, 3.63) is 58.6 Å². The number of hydrogen-bond acceptors (Lipinski definition) is 3. The maximum Gasteiger partial charge on any atom is 0.264 e. The first-order valence-corrected chi connectivity index (χ1v) is 11.0. The summed E-state index contributed by atoms with van der Waals surface area (Å²) in [4.78, 5) is 12.5. The minimum atomic E-state index is -3.86. The number of carbonyl (C=O) groups excluding carboxylic acids is 1. The van der Waals surface area contributed by atoms with Gasteiger partial charge >= 0.3 is 0 Å². The number of aryl methyl sites for hydroxylation is 1. The summed E-state index contributed by atoms with van der Waals surface area (Å²) in [6.45, 7) is 6.29. The van der Waals surface area contributed by atoms with Gasteiger partial charge in [-0.05, 0) is 55.7 Å². The Hall–Kier alpha value is -1.86. The molecule has 0 radical (unpaired) electrons. The predicted octanol–water partition coefficient (Wildman–Crippen LogP) is 4.12. The summed E-state index contributed by atoms with van der Waals surface area (Å²) in [7, 11) is -3.86. The Balaban J connectivity index is 2.30. The molecule has 0 aliphatic heterocycles. The third-order valence-corrected chi connectivity index (χ3v) is 6.37. The molecule has 0 atom stereocenters. The summed E-state index contributed by atoms with van der Waals surface area (Å²) in [6.07, 6.45) is 0.842. The van der Waals surface area contributed by atoms with E-state index in [-0.39, 0.29) is 17.3 Å². The molecule has 0 aliphatic carbocycles. The highest BCUT2D eigenvalue weighted by molar-refractivity contribution is 9.10. The quantitative estimate of drug-likeness (QED) is 0.654. The van der Waals surface area contributed by atoms with Gasteiger partial charge in [0.15, 0.2) is 0 Å². The first-order valence-electron chi connectivity index (χ1n) is 8.82. The van der Waals surface area contributed by atoms with Gasteiger partial charge in [-0.3, -0.25) is 9.10 Å². The number of nitrogens with zero attached hydrogens (tertiary/aromatic N) is 1. The van der Waals surface area contributed by atoms with Crippen LogP contribution in [0.15, 0.2) is 57.9 Å². The van der Waals surface area contributed by atoms with E-state index >= 15 is 0 Å². The van der Waals surface area contributed by atoms with Crippen LogP contribution >= 0.6 is 15.9 Å². The topological polar surface area (TPSA) is 66.5 Å². The zero-order chi connectivity index (χ0) is 20.0. The number of sulfonamides is 1. The first-order chi connectivity index (χ1) is 12.7. The number of amides is 1. The van der Waals surface area contributed by atoms with Crippen LogP contribution in [-0.2, 0) is 14.8 Å². The Bertz CT molecular complexity index is 863. The van der Waals surface area contributed by atoms with Gasteiger partial charge in [0, 0.05) is 11.0 Å². The van der Waals surface area contributed by atoms with Crippen molar-refractivity contribution in [2.24, 2.45) is 5.92 Å². The highest BCUT2D eigenvalue weighted by atomic mass is 79.9. The second kappa shape index (κ2) is 9.37. The predicted molar refractivity (Wildman–Crippen MR) is 112 cm³/mol. The molecule has 2 aromatic rings. The molecule has 1 N–H and O–H groups in total. The Kier molecular flexibility index (Phi) is 7.44. The number of carbonyl (C=O) groups is 1. The van der Waals surface area contributed by atoms with Gasteiger partial charge in [0.05, 0.1) is 10.6 Å². The number of rotatable bonds is 8. The molecule has 0 aliphatic rings. The molecule has 0 fully saturated rings. The molecule has 0 saturated carbocycles. The third kappa shape index (κ3) is 6.07. The lowest BCUT2D eigenvalue weighted by molar-refractivity contribution is -0.119. The van der Waals surface area contributed by atoms with Crippen molar-refractivity contribution in [3.63, 3.8) is 0 Å². The van der Waals surface area contributed by atoms with E-state index in [1.54, 1.807) is 48.5 Å². The highest BCUT2D eigenvalue weighted by Crippen LogP contribution is 2.25. The van der Waals surface area contributed by atoms with Gasteiger partial charge in [-0.1, -0.05) is 47.5 Å². The van der Waals surface area contributed by atoms with Gasteiger partial charge in [0.25, 0.3) is 10.0 Å². The van der Waals surface area contributed by atoms with Crippen LogP contribution in [0.1, 0.15) is 25.8 Å². The van der Waals surface area contributed by atoms with Crippen LogP contribution in [0.4, 0.5) is 5.69 Å². The van der Waals surface area contributed by atoms with Crippen LogP contribution < -0.4 is 9.62 Å². The number of halogens is 1. The molecular formula is C20H25BrN2O3S. The summed E-state index contributed by atoms with van der Waals surface area (Å²) in [6, 6.07) is 13.5. The summed E-state index contributed by atoms with van der Waals surface area (Å²) >= 11 is 3.35. The molecule has 7 heteroatoms. The fourth-order valence-corrected chi connectivity index (χ4v) is 4.13. The zero-order valence-electron chi connectivity index (χ0n) is 15.8. The van der Waals surface area contributed by atoms with Crippen molar-refractivity contribution in [3.8, 4) is 0 Å². The van der Waals surface area contributed by atoms with Crippen molar-refractivity contribution in [2.75, 3.05) is 17.4 Å². The van der Waals surface area contributed by atoms with Gasteiger partial charge in [-0.25, -0.2) is 8.42 Å². The van der Waals surface area contributed by atoms with E-state index in [1.165, 1.54) is 0 Å². The normalized spacial score (nSPS) is 11.4. The van der Waals surface area contributed by atoms with E-state index in [4.69, 9.17) is 0 Å². The Morgan fingerprint density at radius 2 is 1.67 bits per heavy atom. The number of benzene rings is 2. The average molecular weight is 453 g/mol. The van der Waals surface area contributed by atoms with Gasteiger partial charge < -0.3 is 5.32 Å². The number of anilines is 1. The number of hydrogen-bond donors (Lipinski definition) is 1. The van der Waals surface area contributed by atoms with Gasteiger partial charge in [-0.15, -0.1) is 0 Å². The summed E-state index contributed by atoms with van der Waals surface area (Å²) in [5.74, 6) is 0.137. The lowest BCUT2D eigenvalue weighted by Gasteiger charge is -2.24. The Morgan fingerprint density at radius 1 is 1.07 bits per heavy atom. The molecule has 0 spiro atoms. The van der Waals surface area contributed by atoms with E-state index in [0.717, 1.165) is 20.8 Å². The fourth-order valence-electron chi connectivity index (χ4n) is 2.45. The van der Waals surface area contributed by atoms with Gasteiger partial charge in [-0.2, -0.15) is 0 Å². The molecule has 2 aromatic carbocycles. The van der Waals surface area contributed by atoms with E-state index in [0.29, 0.717) is 18.2 Å². The Labute approximate surface area is 170 Å². The van der Waals surface area contributed by atoms with E-state index in [9.17, 15) is 13.2 Å². The molecule has 2 rings (SSSR count). The second-order valence-electron chi connectivity index (χ2n) is 6.83. The monoisotopic (exact) mass is 452 g/mol. The molecule has 0 heterocycles. The smallest absolute Gasteiger partial charge is 0.264 e. The van der Waals surface area contributed by atoms with Crippen LogP contribution in [0.2, 0.25) is 0 Å². The third-order valence-electron chi connectivity index (χ3n) is 4.05. The van der Waals surface area contributed by atoms with Gasteiger partial charge in [0.1, 0.15) is 6.54 Å². The van der Waals surface area contributed by atoms with E-state index in [2.05, 4.69) is 35.1 Å². The van der Waals surface area contributed by atoms with Crippen molar-refractivity contribution >= 4 is 37.5 Å². The number of nitrogens with one attached hydrogen (secondary N) is 1. The molecule has 0 saturated heterocycles. The summed E-state index contributed by atoms with van der Waals surface area (Å²) in [5.41, 5.74) is 1.41. The zero-order valence-corrected chi connectivity index (χ0v) is 18.2. The second-order valence-corrected chi connectivity index (χ2v) is 9.61. The maximum atomic E-state index is 13.2. The van der Waals surface area contributed by atoms with E-state index in [1.807, 2.05) is 6.92 Å². The minimum absolute atomic E-state index is 0.158. The molecular weight excluding hydrogens is 428 g/mol. The average Bonchev–Trinajstić information content (AvgIpc) is 2.60. The van der Waals surface area contributed by atoms with Crippen LogP contribution in [0, 0.1) is 12.8 Å². The first kappa shape index (κ1) is 21.4. The highest BCUT2D eigenvalue weighted by Gasteiger charge is 2.27. The standard InChI is InChI=1S/C20H25BrN2O3S/c1-15(2)12-13-22-20(24)14-23(18-8-6-17(21)7-9-18)27(25,26)19-10-4-16(3)5-11-19/h4-11,15H,12-14H2,1-3H3,(H,22,24). The molecule has 0 bridgehead atoms. The van der Waals surface area contributed by atoms with Crippen molar-refractivity contribution in [1.29, 1.82) is 0 Å².